The fraction of sp³-hybridized carbons (Fsp3) is 0.172. The molecule has 3 N–H and O–H groups in total. The lowest BCUT2D eigenvalue weighted by atomic mass is 10.0. The van der Waals surface area contributed by atoms with E-state index >= 15 is 0 Å². The van der Waals surface area contributed by atoms with Crippen LogP contribution in [0.1, 0.15) is 16.7 Å². The van der Waals surface area contributed by atoms with Crippen molar-refractivity contribution in [2.75, 3.05) is 31.3 Å². The molecule has 2 aromatic carbocycles. The lowest BCUT2D eigenvalue weighted by molar-refractivity contribution is -0.137. The Morgan fingerprint density at radius 2 is 1.88 bits per heavy atom. The largest absolute Gasteiger partial charge is 0.497 e. The molecule has 4 rings (SSSR count). The molecule has 1 amide bonds. The molecule has 2 heterocycles. The second-order valence-corrected chi connectivity index (χ2v) is 8.63. The normalized spacial score (nSPS) is 11.3. The lowest BCUT2D eigenvalue weighted by Crippen LogP contribution is -2.13. The number of hydrogen-bond donors (Lipinski definition) is 3. The SMILES string of the molecule is CNC(=O)C=Cc1cccc(-c2cnc(Nc3cc(OC)cc(C(F)(F)F)c3)nc2NCCc2ccncc2)c1. The summed E-state index contributed by atoms with van der Waals surface area (Å²) in [5, 5.41) is 8.72. The predicted octanol–water partition coefficient (Wildman–Crippen LogP) is 5.72. The van der Waals surface area contributed by atoms with Crippen LogP contribution in [0.25, 0.3) is 17.2 Å². The molecule has 206 valence electrons. The van der Waals surface area contributed by atoms with Gasteiger partial charge in [0.25, 0.3) is 0 Å². The average Bonchev–Trinajstić information content (AvgIpc) is 2.96. The van der Waals surface area contributed by atoms with Gasteiger partial charge in [-0.05, 0) is 59.5 Å². The highest BCUT2D eigenvalue weighted by Gasteiger charge is 2.31. The second kappa shape index (κ2) is 12.7. The molecule has 8 nitrogen and oxygen atoms in total. The number of anilines is 3. The first-order valence-corrected chi connectivity index (χ1v) is 12.3. The molecule has 0 radical (unpaired) electrons. The van der Waals surface area contributed by atoms with E-state index in [1.807, 2.05) is 36.4 Å². The third-order valence-electron chi connectivity index (χ3n) is 5.84. The van der Waals surface area contributed by atoms with Crippen molar-refractivity contribution in [3.05, 3.63) is 96.0 Å². The molecule has 0 bridgehead atoms. The first kappa shape index (κ1) is 28.1. The van der Waals surface area contributed by atoms with Gasteiger partial charge in [-0.1, -0.05) is 18.2 Å². The quantitative estimate of drug-likeness (QED) is 0.218. The molecule has 0 saturated heterocycles. The molecule has 0 unspecified atom stereocenters. The average molecular weight is 549 g/mol. The monoisotopic (exact) mass is 548 g/mol. The molecule has 2 aromatic heterocycles. The number of nitrogens with zero attached hydrogens (tertiary/aromatic N) is 3. The number of alkyl halides is 3. The zero-order valence-corrected chi connectivity index (χ0v) is 21.8. The van der Waals surface area contributed by atoms with Gasteiger partial charge in [-0.25, -0.2) is 4.98 Å². The number of halogens is 3. The molecule has 0 spiro atoms. The minimum atomic E-state index is -4.55. The minimum Gasteiger partial charge on any atom is -0.497 e. The molecule has 0 aliphatic heterocycles. The Kier molecular flexibility index (Phi) is 8.95. The van der Waals surface area contributed by atoms with Crippen molar-refractivity contribution in [2.45, 2.75) is 12.6 Å². The van der Waals surface area contributed by atoms with E-state index in [1.54, 1.807) is 31.7 Å². The molecule has 4 aromatic rings. The third-order valence-corrected chi connectivity index (χ3v) is 5.84. The van der Waals surface area contributed by atoms with Crippen molar-refractivity contribution in [2.24, 2.45) is 0 Å². The van der Waals surface area contributed by atoms with Crippen molar-refractivity contribution in [1.29, 1.82) is 0 Å². The van der Waals surface area contributed by atoms with Crippen LogP contribution in [-0.2, 0) is 17.4 Å². The summed E-state index contributed by atoms with van der Waals surface area (Å²) in [4.78, 5) is 24.6. The second-order valence-electron chi connectivity index (χ2n) is 8.63. The van der Waals surface area contributed by atoms with Crippen LogP contribution in [0.3, 0.4) is 0 Å². The summed E-state index contributed by atoms with van der Waals surface area (Å²) in [6, 6.07) is 14.6. The zero-order valence-electron chi connectivity index (χ0n) is 21.8. The summed E-state index contributed by atoms with van der Waals surface area (Å²) >= 11 is 0. The Morgan fingerprint density at radius 1 is 1.07 bits per heavy atom. The highest BCUT2D eigenvalue weighted by Crippen LogP contribution is 2.35. The van der Waals surface area contributed by atoms with Gasteiger partial charge in [0.05, 0.1) is 12.7 Å². The highest BCUT2D eigenvalue weighted by atomic mass is 19.4. The van der Waals surface area contributed by atoms with Gasteiger partial charge in [0.15, 0.2) is 0 Å². The molecule has 0 saturated carbocycles. The molecule has 0 aliphatic rings. The minimum absolute atomic E-state index is 0.0475. The van der Waals surface area contributed by atoms with Gasteiger partial charge in [0, 0.05) is 55.6 Å². The first-order chi connectivity index (χ1) is 19.2. The number of benzene rings is 2. The number of nitrogens with one attached hydrogen (secondary N) is 3. The van der Waals surface area contributed by atoms with Crippen molar-refractivity contribution in [3.8, 4) is 16.9 Å². The Balaban J connectivity index is 1.66. The summed E-state index contributed by atoms with van der Waals surface area (Å²) < 4.78 is 45.3. The summed E-state index contributed by atoms with van der Waals surface area (Å²) in [6.07, 6.45) is 4.29. The van der Waals surface area contributed by atoms with E-state index in [0.717, 1.165) is 28.8 Å². The van der Waals surface area contributed by atoms with E-state index in [0.29, 0.717) is 24.3 Å². The first-order valence-electron chi connectivity index (χ1n) is 12.3. The van der Waals surface area contributed by atoms with E-state index in [2.05, 4.69) is 30.9 Å². The number of carbonyl (C=O) groups excluding carboxylic acids is 1. The van der Waals surface area contributed by atoms with Gasteiger partial charge >= 0.3 is 6.18 Å². The Bertz CT molecular complexity index is 1490. The van der Waals surface area contributed by atoms with Crippen molar-refractivity contribution in [1.82, 2.24) is 20.3 Å². The van der Waals surface area contributed by atoms with Gasteiger partial charge in [0.2, 0.25) is 11.9 Å². The van der Waals surface area contributed by atoms with Gasteiger partial charge in [-0.2, -0.15) is 18.2 Å². The number of likely N-dealkylation sites (N-methyl/N-ethyl adjacent to an activating group) is 1. The fourth-order valence-corrected chi connectivity index (χ4v) is 3.81. The molecule has 11 heteroatoms. The summed E-state index contributed by atoms with van der Waals surface area (Å²) in [5.41, 5.74) is 2.61. The maximum Gasteiger partial charge on any atom is 0.416 e. The van der Waals surface area contributed by atoms with Crippen molar-refractivity contribution in [3.63, 3.8) is 0 Å². The van der Waals surface area contributed by atoms with Crippen LogP contribution in [0.15, 0.2) is 79.3 Å². The molecule has 0 aliphatic carbocycles. The Hall–Kier alpha value is -4.93. The van der Waals surface area contributed by atoms with Crippen LogP contribution in [0.2, 0.25) is 0 Å². The van der Waals surface area contributed by atoms with Gasteiger partial charge in [-0.15, -0.1) is 0 Å². The van der Waals surface area contributed by atoms with E-state index in [9.17, 15) is 18.0 Å². The van der Waals surface area contributed by atoms with Gasteiger partial charge in [0.1, 0.15) is 11.6 Å². The number of rotatable bonds is 10. The van der Waals surface area contributed by atoms with E-state index < -0.39 is 11.7 Å². The highest BCUT2D eigenvalue weighted by molar-refractivity contribution is 5.91. The van der Waals surface area contributed by atoms with Crippen LogP contribution in [0, 0.1) is 0 Å². The van der Waals surface area contributed by atoms with E-state index in [1.165, 1.54) is 19.3 Å². The van der Waals surface area contributed by atoms with Crippen molar-refractivity contribution < 1.29 is 22.7 Å². The van der Waals surface area contributed by atoms with Crippen LogP contribution < -0.4 is 20.7 Å². The number of amides is 1. The van der Waals surface area contributed by atoms with Crippen molar-refractivity contribution >= 4 is 29.4 Å². The number of methoxy groups -OCH3 is 1. The number of aromatic nitrogens is 3. The molecule has 0 fully saturated rings. The Morgan fingerprint density at radius 3 is 2.60 bits per heavy atom. The van der Waals surface area contributed by atoms with Gasteiger partial charge < -0.3 is 20.7 Å². The zero-order chi connectivity index (χ0) is 28.5. The van der Waals surface area contributed by atoms with Crippen LogP contribution in [-0.4, -0.2) is 41.6 Å². The smallest absolute Gasteiger partial charge is 0.416 e. The number of ether oxygens (including phenoxy) is 1. The Labute approximate surface area is 229 Å². The maximum atomic E-state index is 13.4. The lowest BCUT2D eigenvalue weighted by Gasteiger charge is -2.15. The van der Waals surface area contributed by atoms with Crippen LogP contribution >= 0.6 is 0 Å². The summed E-state index contributed by atoms with van der Waals surface area (Å²) in [6.45, 7) is 0.529. The van der Waals surface area contributed by atoms with Crippen LogP contribution in [0.5, 0.6) is 5.75 Å². The molecular weight excluding hydrogens is 521 g/mol. The predicted molar refractivity (Wildman–Crippen MR) is 148 cm³/mol. The van der Waals surface area contributed by atoms with E-state index in [-0.39, 0.29) is 23.3 Å². The number of hydrogen-bond acceptors (Lipinski definition) is 7. The molecule has 0 atom stereocenters. The maximum absolute atomic E-state index is 13.4. The molecule has 40 heavy (non-hydrogen) atoms. The van der Waals surface area contributed by atoms with Crippen LogP contribution in [0.4, 0.5) is 30.6 Å². The summed E-state index contributed by atoms with van der Waals surface area (Å²) in [7, 11) is 2.85. The topological polar surface area (TPSA) is 101 Å². The molecular formula is C29H27F3N6O2. The number of carbonyl (C=O) groups is 1. The standard InChI is InChI=1S/C29H27F3N6O2/c1-33-26(39)7-6-20-4-3-5-21(14-20)25-18-36-28(38-27(25)35-13-10-19-8-11-34-12-9-19)37-23-15-22(29(30,31)32)16-24(17-23)40-2/h3-9,11-12,14-18H,10,13H2,1-2H3,(H,33,39)(H2,35,36,37,38). The third kappa shape index (κ3) is 7.56. The number of pyridine rings is 1. The van der Waals surface area contributed by atoms with Gasteiger partial charge in [-0.3, -0.25) is 9.78 Å². The summed E-state index contributed by atoms with van der Waals surface area (Å²) in [5.74, 6) is 0.408. The van der Waals surface area contributed by atoms with E-state index in [4.69, 9.17) is 4.74 Å². The fourth-order valence-electron chi connectivity index (χ4n) is 3.81.